The lowest BCUT2D eigenvalue weighted by atomic mass is 10.1. The van der Waals surface area contributed by atoms with E-state index in [0.717, 1.165) is 6.07 Å². The number of hydrogen-bond donors (Lipinski definition) is 1. The second-order valence-electron chi connectivity index (χ2n) is 2.62. The van der Waals surface area contributed by atoms with Crippen molar-refractivity contribution in [3.8, 4) is 5.75 Å². The van der Waals surface area contributed by atoms with Crippen molar-refractivity contribution in [1.29, 1.82) is 0 Å². The van der Waals surface area contributed by atoms with Gasteiger partial charge in [0.25, 0.3) is 0 Å². The maximum absolute atomic E-state index is 13.0. The number of nitrogens with two attached hydrogens (primary N) is 1. The Bertz CT molecular complexity index is 302. The summed E-state index contributed by atoms with van der Waals surface area (Å²) < 4.78 is 30.7. The van der Waals surface area contributed by atoms with Crippen molar-refractivity contribution in [2.45, 2.75) is 6.42 Å². The fourth-order valence-electron chi connectivity index (χ4n) is 1.07. The van der Waals surface area contributed by atoms with Crippen LogP contribution in [-0.2, 0) is 6.42 Å². The Kier molecular flexibility index (Phi) is 3.19. The summed E-state index contributed by atoms with van der Waals surface area (Å²) in [6, 6.07) is 2.46. The van der Waals surface area contributed by atoms with Gasteiger partial charge >= 0.3 is 0 Å². The van der Waals surface area contributed by atoms with Gasteiger partial charge in [-0.1, -0.05) is 0 Å². The molecule has 2 nitrogen and oxygen atoms in total. The Morgan fingerprint density at radius 1 is 1.38 bits per heavy atom. The Morgan fingerprint density at radius 3 is 2.62 bits per heavy atom. The zero-order chi connectivity index (χ0) is 9.84. The van der Waals surface area contributed by atoms with E-state index in [2.05, 4.69) is 0 Å². The lowest BCUT2D eigenvalue weighted by Crippen LogP contribution is -2.06. The quantitative estimate of drug-likeness (QED) is 0.777. The first-order chi connectivity index (χ1) is 6.19. The highest BCUT2D eigenvalue weighted by atomic mass is 19.2. The van der Waals surface area contributed by atoms with Gasteiger partial charge in [0.15, 0.2) is 11.6 Å². The zero-order valence-corrected chi connectivity index (χ0v) is 7.31. The average Bonchev–Trinajstić information content (AvgIpc) is 2.13. The molecule has 0 amide bonds. The first kappa shape index (κ1) is 9.92. The molecular formula is C9H11F2NO. The minimum absolute atomic E-state index is 0.249. The van der Waals surface area contributed by atoms with Crippen molar-refractivity contribution in [3.63, 3.8) is 0 Å². The van der Waals surface area contributed by atoms with Crippen LogP contribution in [0.5, 0.6) is 5.75 Å². The van der Waals surface area contributed by atoms with E-state index in [1.54, 1.807) is 0 Å². The molecule has 0 heterocycles. The molecule has 13 heavy (non-hydrogen) atoms. The van der Waals surface area contributed by atoms with Crippen LogP contribution < -0.4 is 10.5 Å². The monoisotopic (exact) mass is 187 g/mol. The first-order valence-corrected chi connectivity index (χ1v) is 3.91. The highest BCUT2D eigenvalue weighted by Gasteiger charge is 2.09. The van der Waals surface area contributed by atoms with Crippen LogP contribution in [0.25, 0.3) is 0 Å². The first-order valence-electron chi connectivity index (χ1n) is 3.91. The second kappa shape index (κ2) is 4.18. The van der Waals surface area contributed by atoms with Gasteiger partial charge in [-0.05, 0) is 24.6 Å². The summed E-state index contributed by atoms with van der Waals surface area (Å²) in [5, 5.41) is 0. The third-order valence-corrected chi connectivity index (χ3v) is 1.73. The summed E-state index contributed by atoms with van der Waals surface area (Å²) in [7, 11) is 1.40. The van der Waals surface area contributed by atoms with Gasteiger partial charge in [-0.25, -0.2) is 8.78 Å². The lowest BCUT2D eigenvalue weighted by molar-refractivity contribution is 0.404. The molecule has 0 saturated heterocycles. The Balaban J connectivity index is 3.09. The van der Waals surface area contributed by atoms with E-state index in [0.29, 0.717) is 12.2 Å². The van der Waals surface area contributed by atoms with Crippen LogP contribution in [-0.4, -0.2) is 13.7 Å². The smallest absolute Gasteiger partial charge is 0.162 e. The fraction of sp³-hybridized carbons (Fsp3) is 0.333. The number of hydrogen-bond acceptors (Lipinski definition) is 2. The molecule has 1 rings (SSSR count). The molecule has 1 aromatic carbocycles. The predicted octanol–water partition coefficient (Wildman–Crippen LogP) is 1.47. The van der Waals surface area contributed by atoms with Gasteiger partial charge in [-0.15, -0.1) is 0 Å². The van der Waals surface area contributed by atoms with Crippen LogP contribution in [0.2, 0.25) is 0 Å². The van der Waals surface area contributed by atoms with E-state index >= 15 is 0 Å². The molecule has 0 aromatic heterocycles. The van der Waals surface area contributed by atoms with Crippen molar-refractivity contribution in [2.24, 2.45) is 5.73 Å². The van der Waals surface area contributed by atoms with Gasteiger partial charge in [0.2, 0.25) is 0 Å². The Hall–Kier alpha value is -1.16. The third kappa shape index (κ3) is 2.15. The van der Waals surface area contributed by atoms with Crippen LogP contribution in [0.4, 0.5) is 8.78 Å². The SMILES string of the molecule is COc1cc(F)c(F)c(CCN)c1. The molecule has 0 saturated carbocycles. The van der Waals surface area contributed by atoms with Crippen LogP contribution in [0.15, 0.2) is 12.1 Å². The molecule has 72 valence electrons. The van der Waals surface area contributed by atoms with Crippen molar-refractivity contribution >= 4 is 0 Å². The minimum Gasteiger partial charge on any atom is -0.497 e. The van der Waals surface area contributed by atoms with Gasteiger partial charge in [-0.2, -0.15) is 0 Å². The van der Waals surface area contributed by atoms with E-state index in [9.17, 15) is 8.78 Å². The Morgan fingerprint density at radius 2 is 2.08 bits per heavy atom. The molecule has 0 radical (unpaired) electrons. The average molecular weight is 187 g/mol. The Labute approximate surface area is 75.3 Å². The molecule has 0 atom stereocenters. The number of halogens is 2. The van der Waals surface area contributed by atoms with Gasteiger partial charge in [0, 0.05) is 6.07 Å². The molecule has 0 aliphatic heterocycles. The maximum atomic E-state index is 13.0. The molecule has 0 aliphatic carbocycles. The second-order valence-corrected chi connectivity index (χ2v) is 2.62. The van der Waals surface area contributed by atoms with Gasteiger partial charge in [-0.3, -0.25) is 0 Å². The topological polar surface area (TPSA) is 35.2 Å². The van der Waals surface area contributed by atoms with Gasteiger partial charge in [0.1, 0.15) is 5.75 Å². The summed E-state index contributed by atoms with van der Waals surface area (Å²) in [6.45, 7) is 0.281. The van der Waals surface area contributed by atoms with Crippen molar-refractivity contribution in [2.75, 3.05) is 13.7 Å². The van der Waals surface area contributed by atoms with Crippen molar-refractivity contribution in [1.82, 2.24) is 0 Å². The molecule has 0 fully saturated rings. The van der Waals surface area contributed by atoms with Gasteiger partial charge < -0.3 is 10.5 Å². The molecular weight excluding hydrogens is 176 g/mol. The standard InChI is InChI=1S/C9H11F2NO/c1-13-7-4-6(2-3-12)9(11)8(10)5-7/h4-5H,2-3,12H2,1H3. The van der Waals surface area contributed by atoms with Crippen molar-refractivity contribution in [3.05, 3.63) is 29.3 Å². The largest absolute Gasteiger partial charge is 0.497 e. The molecule has 2 N–H and O–H groups in total. The van der Waals surface area contributed by atoms with Crippen molar-refractivity contribution < 1.29 is 13.5 Å². The lowest BCUT2D eigenvalue weighted by Gasteiger charge is -2.05. The van der Waals surface area contributed by atoms with E-state index < -0.39 is 11.6 Å². The highest BCUT2D eigenvalue weighted by molar-refractivity contribution is 5.31. The number of rotatable bonds is 3. The maximum Gasteiger partial charge on any atom is 0.162 e. The zero-order valence-electron chi connectivity index (χ0n) is 7.31. The molecule has 1 aromatic rings. The van der Waals surface area contributed by atoms with Crippen LogP contribution >= 0.6 is 0 Å². The molecule has 0 bridgehead atoms. The number of ether oxygens (including phenoxy) is 1. The molecule has 0 unspecified atom stereocenters. The third-order valence-electron chi connectivity index (χ3n) is 1.73. The van der Waals surface area contributed by atoms with Crippen LogP contribution in [0.3, 0.4) is 0 Å². The van der Waals surface area contributed by atoms with E-state index in [1.165, 1.54) is 13.2 Å². The number of methoxy groups -OCH3 is 1. The molecule has 4 heteroatoms. The molecule has 0 aliphatic rings. The predicted molar refractivity (Wildman–Crippen MR) is 45.7 cm³/mol. The normalized spacial score (nSPS) is 10.2. The van der Waals surface area contributed by atoms with E-state index in [1.807, 2.05) is 0 Å². The van der Waals surface area contributed by atoms with E-state index in [4.69, 9.17) is 10.5 Å². The highest BCUT2D eigenvalue weighted by Crippen LogP contribution is 2.20. The van der Waals surface area contributed by atoms with Gasteiger partial charge in [0.05, 0.1) is 7.11 Å². The fourth-order valence-corrected chi connectivity index (χ4v) is 1.07. The summed E-state index contributed by atoms with van der Waals surface area (Å²) >= 11 is 0. The van der Waals surface area contributed by atoms with Crippen LogP contribution in [0.1, 0.15) is 5.56 Å². The summed E-state index contributed by atoms with van der Waals surface area (Å²) in [5.74, 6) is -1.43. The van der Waals surface area contributed by atoms with Crippen LogP contribution in [0, 0.1) is 11.6 Å². The summed E-state index contributed by atoms with van der Waals surface area (Å²) in [6.07, 6.45) is 0.306. The minimum atomic E-state index is -0.900. The summed E-state index contributed by atoms with van der Waals surface area (Å²) in [5.41, 5.74) is 5.49. The number of benzene rings is 1. The van der Waals surface area contributed by atoms with E-state index in [-0.39, 0.29) is 12.1 Å². The summed E-state index contributed by atoms with van der Waals surface area (Å²) in [4.78, 5) is 0. The molecule has 0 spiro atoms.